The second kappa shape index (κ2) is 4.40. The van der Waals surface area contributed by atoms with Gasteiger partial charge in [0.25, 0.3) is 0 Å². The summed E-state index contributed by atoms with van der Waals surface area (Å²) in [6.45, 7) is 4.78. The predicted octanol–water partition coefficient (Wildman–Crippen LogP) is 0.446. The van der Waals surface area contributed by atoms with E-state index >= 15 is 0 Å². The van der Waals surface area contributed by atoms with Crippen molar-refractivity contribution in [1.29, 1.82) is 0 Å². The van der Waals surface area contributed by atoms with E-state index in [0.29, 0.717) is 0 Å². The molecular weight excluding hydrogens is 164 g/mol. The summed E-state index contributed by atoms with van der Waals surface area (Å²) in [5, 5.41) is 0. The third-order valence-electron chi connectivity index (χ3n) is 3.36. The highest BCUT2D eigenvalue weighted by Crippen LogP contribution is 2.31. The Morgan fingerprint density at radius 3 is 3.15 bits per heavy atom. The zero-order chi connectivity index (χ0) is 9.10. The van der Waals surface area contributed by atoms with Crippen molar-refractivity contribution in [1.82, 2.24) is 4.90 Å². The minimum absolute atomic E-state index is 0.769. The van der Waals surface area contributed by atoms with Crippen molar-refractivity contribution in [3.63, 3.8) is 0 Å². The highest BCUT2D eigenvalue weighted by atomic mass is 16.5. The van der Waals surface area contributed by atoms with E-state index in [-0.39, 0.29) is 0 Å². The van der Waals surface area contributed by atoms with Crippen molar-refractivity contribution in [2.45, 2.75) is 25.3 Å². The van der Waals surface area contributed by atoms with Crippen LogP contribution in [0.2, 0.25) is 0 Å². The maximum Gasteiger partial charge on any atom is 0.0593 e. The molecule has 0 aromatic rings. The molecule has 2 rings (SSSR count). The fourth-order valence-corrected chi connectivity index (χ4v) is 2.72. The molecule has 0 aromatic heterocycles. The van der Waals surface area contributed by atoms with Crippen molar-refractivity contribution in [2.24, 2.45) is 11.7 Å². The molecule has 0 spiro atoms. The second-order valence-corrected chi connectivity index (χ2v) is 4.16. The molecule has 1 aliphatic heterocycles. The average molecular weight is 184 g/mol. The van der Waals surface area contributed by atoms with Gasteiger partial charge in [0, 0.05) is 25.7 Å². The Morgan fingerprint density at radius 2 is 2.31 bits per heavy atom. The van der Waals surface area contributed by atoms with Gasteiger partial charge in [-0.3, -0.25) is 4.90 Å². The molecular formula is C10H20N2O. The maximum atomic E-state index is 5.61. The van der Waals surface area contributed by atoms with E-state index in [1.54, 1.807) is 0 Å². The van der Waals surface area contributed by atoms with E-state index in [9.17, 15) is 0 Å². The lowest BCUT2D eigenvalue weighted by molar-refractivity contribution is 0.120. The van der Waals surface area contributed by atoms with Crippen LogP contribution in [0.25, 0.3) is 0 Å². The lowest BCUT2D eigenvalue weighted by Gasteiger charge is -2.29. The minimum atomic E-state index is 0.769. The van der Waals surface area contributed by atoms with Crippen LogP contribution in [0.3, 0.4) is 0 Å². The van der Waals surface area contributed by atoms with E-state index in [1.807, 2.05) is 0 Å². The Labute approximate surface area is 80.2 Å². The van der Waals surface area contributed by atoms with Gasteiger partial charge in [0.2, 0.25) is 0 Å². The standard InChI is InChI=1S/C10H20N2O/c11-4-5-12-6-7-13-8-9-2-1-3-10(9)12/h9-10H,1-8,11H2/t9-,10+/m1/s1. The first-order valence-electron chi connectivity index (χ1n) is 5.43. The van der Waals surface area contributed by atoms with Crippen LogP contribution in [0.4, 0.5) is 0 Å². The molecule has 13 heavy (non-hydrogen) atoms. The highest BCUT2D eigenvalue weighted by molar-refractivity contribution is 4.87. The number of nitrogens with zero attached hydrogens (tertiary/aromatic N) is 1. The summed E-state index contributed by atoms with van der Waals surface area (Å²) in [5.74, 6) is 0.786. The van der Waals surface area contributed by atoms with Crippen LogP contribution in [0.5, 0.6) is 0 Å². The van der Waals surface area contributed by atoms with E-state index in [2.05, 4.69) is 4.90 Å². The van der Waals surface area contributed by atoms with Gasteiger partial charge < -0.3 is 10.5 Å². The topological polar surface area (TPSA) is 38.5 Å². The molecule has 2 N–H and O–H groups in total. The van der Waals surface area contributed by atoms with Crippen molar-refractivity contribution < 1.29 is 4.74 Å². The van der Waals surface area contributed by atoms with Crippen molar-refractivity contribution in [3.05, 3.63) is 0 Å². The first-order chi connectivity index (χ1) is 6.42. The fourth-order valence-electron chi connectivity index (χ4n) is 2.72. The zero-order valence-electron chi connectivity index (χ0n) is 8.24. The van der Waals surface area contributed by atoms with E-state index in [1.165, 1.54) is 19.3 Å². The van der Waals surface area contributed by atoms with Gasteiger partial charge in [-0.1, -0.05) is 6.42 Å². The van der Waals surface area contributed by atoms with E-state index < -0.39 is 0 Å². The largest absolute Gasteiger partial charge is 0.380 e. The van der Waals surface area contributed by atoms with Gasteiger partial charge >= 0.3 is 0 Å². The SMILES string of the molecule is NCCN1CCOC[C@H]2CCC[C@@H]21. The second-order valence-electron chi connectivity index (χ2n) is 4.16. The summed E-state index contributed by atoms with van der Waals surface area (Å²) in [4.78, 5) is 2.53. The van der Waals surface area contributed by atoms with Gasteiger partial charge in [0.05, 0.1) is 13.2 Å². The van der Waals surface area contributed by atoms with Crippen LogP contribution in [-0.2, 0) is 4.74 Å². The zero-order valence-corrected chi connectivity index (χ0v) is 8.24. The smallest absolute Gasteiger partial charge is 0.0593 e. The first-order valence-corrected chi connectivity index (χ1v) is 5.43. The molecule has 0 amide bonds. The van der Waals surface area contributed by atoms with Crippen molar-refractivity contribution in [2.75, 3.05) is 32.8 Å². The lowest BCUT2D eigenvalue weighted by atomic mass is 10.0. The Balaban J connectivity index is 1.98. The monoisotopic (exact) mass is 184 g/mol. The van der Waals surface area contributed by atoms with Gasteiger partial charge in [0.15, 0.2) is 0 Å². The quantitative estimate of drug-likeness (QED) is 0.677. The first kappa shape index (κ1) is 9.44. The molecule has 2 fully saturated rings. The molecule has 0 radical (unpaired) electrons. The van der Waals surface area contributed by atoms with Crippen molar-refractivity contribution >= 4 is 0 Å². The molecule has 76 valence electrons. The number of fused-ring (bicyclic) bond motifs is 1. The Kier molecular flexibility index (Phi) is 3.19. The summed E-state index contributed by atoms with van der Waals surface area (Å²) in [7, 11) is 0. The molecule has 1 heterocycles. The Morgan fingerprint density at radius 1 is 1.38 bits per heavy atom. The number of hydrogen-bond acceptors (Lipinski definition) is 3. The van der Waals surface area contributed by atoms with Crippen LogP contribution >= 0.6 is 0 Å². The molecule has 2 atom stereocenters. The molecule has 1 saturated heterocycles. The third kappa shape index (κ3) is 2.03. The van der Waals surface area contributed by atoms with Gasteiger partial charge in [-0.2, -0.15) is 0 Å². The number of ether oxygens (including phenoxy) is 1. The number of hydrogen-bond donors (Lipinski definition) is 1. The van der Waals surface area contributed by atoms with E-state index in [0.717, 1.165) is 44.8 Å². The predicted molar refractivity (Wildman–Crippen MR) is 52.6 cm³/mol. The number of rotatable bonds is 2. The summed E-state index contributed by atoms with van der Waals surface area (Å²) < 4.78 is 5.60. The third-order valence-corrected chi connectivity index (χ3v) is 3.36. The average Bonchev–Trinajstić information content (AvgIpc) is 2.52. The number of nitrogens with two attached hydrogens (primary N) is 1. The Bertz CT molecular complexity index is 163. The summed E-state index contributed by atoms with van der Waals surface area (Å²) >= 11 is 0. The van der Waals surface area contributed by atoms with Crippen LogP contribution in [0, 0.1) is 5.92 Å². The van der Waals surface area contributed by atoms with Crippen LogP contribution < -0.4 is 5.73 Å². The van der Waals surface area contributed by atoms with Gasteiger partial charge in [0.1, 0.15) is 0 Å². The molecule has 1 saturated carbocycles. The Hall–Kier alpha value is -0.120. The highest BCUT2D eigenvalue weighted by Gasteiger charge is 2.33. The molecule has 2 aliphatic rings. The molecule has 0 aromatic carbocycles. The molecule has 0 bridgehead atoms. The molecule has 3 heteroatoms. The summed E-state index contributed by atoms with van der Waals surface area (Å²) in [5.41, 5.74) is 5.61. The van der Waals surface area contributed by atoms with Crippen LogP contribution in [-0.4, -0.2) is 43.8 Å². The normalized spacial score (nSPS) is 35.8. The van der Waals surface area contributed by atoms with Crippen LogP contribution in [0.1, 0.15) is 19.3 Å². The van der Waals surface area contributed by atoms with Gasteiger partial charge in [-0.05, 0) is 18.8 Å². The minimum Gasteiger partial charge on any atom is -0.380 e. The molecule has 0 unspecified atom stereocenters. The molecule has 1 aliphatic carbocycles. The molecule has 3 nitrogen and oxygen atoms in total. The maximum absolute atomic E-state index is 5.61. The van der Waals surface area contributed by atoms with Crippen LogP contribution in [0.15, 0.2) is 0 Å². The summed E-state index contributed by atoms with van der Waals surface area (Å²) in [6, 6.07) is 0.769. The summed E-state index contributed by atoms with van der Waals surface area (Å²) in [6.07, 6.45) is 4.08. The lowest BCUT2D eigenvalue weighted by Crippen LogP contribution is -2.41. The van der Waals surface area contributed by atoms with Crippen molar-refractivity contribution in [3.8, 4) is 0 Å². The van der Waals surface area contributed by atoms with Gasteiger partial charge in [-0.15, -0.1) is 0 Å². The van der Waals surface area contributed by atoms with E-state index in [4.69, 9.17) is 10.5 Å². The van der Waals surface area contributed by atoms with Gasteiger partial charge in [-0.25, -0.2) is 0 Å². The fraction of sp³-hybridized carbons (Fsp3) is 1.00.